The van der Waals surface area contributed by atoms with Crippen LogP contribution in [0.3, 0.4) is 0 Å². The fourth-order valence-corrected chi connectivity index (χ4v) is 2.28. The van der Waals surface area contributed by atoms with E-state index in [4.69, 9.17) is 0 Å². The van der Waals surface area contributed by atoms with Gasteiger partial charge in [0.25, 0.3) is 10.0 Å². The summed E-state index contributed by atoms with van der Waals surface area (Å²) in [7, 11) is -3.73. The van der Waals surface area contributed by atoms with Crippen LogP contribution in [0.5, 0.6) is 0 Å². The monoisotopic (exact) mass is 383 g/mol. The summed E-state index contributed by atoms with van der Waals surface area (Å²) in [5.41, 5.74) is 2.08. The second-order valence-electron chi connectivity index (χ2n) is 3.81. The molecule has 8 heteroatoms. The number of rotatable bonds is 4. The molecule has 0 fully saturated rings. The lowest BCUT2D eigenvalue weighted by atomic mass is 10.4. The van der Waals surface area contributed by atoms with Crippen LogP contribution in [0.1, 0.15) is 13.8 Å². The highest BCUT2D eigenvalue weighted by Gasteiger charge is 2.14. The molecule has 0 saturated carbocycles. The Kier molecular flexibility index (Phi) is 5.35. The molecule has 0 saturated heterocycles. The van der Waals surface area contributed by atoms with Crippen LogP contribution in [0.25, 0.3) is 0 Å². The molecule has 0 aromatic heterocycles. The molecule has 0 heterocycles. The van der Waals surface area contributed by atoms with Crippen molar-refractivity contribution in [2.75, 3.05) is 0 Å². The normalized spacial score (nSPS) is 11.3. The van der Waals surface area contributed by atoms with Gasteiger partial charge in [0.15, 0.2) is 0 Å². The fraction of sp³-hybridized carbons (Fsp3) is 0.300. The quantitative estimate of drug-likeness (QED) is 0.539. The maximum Gasteiger partial charge on any atom is 0.330 e. The average molecular weight is 383 g/mol. The van der Waals surface area contributed by atoms with E-state index < -0.39 is 16.1 Å². The lowest BCUT2D eigenvalue weighted by molar-refractivity contribution is 0.237. The molecule has 1 aromatic rings. The summed E-state index contributed by atoms with van der Waals surface area (Å²) in [6, 6.07) is 5.59. The predicted octanol–water partition coefficient (Wildman–Crippen LogP) is 1.19. The fourth-order valence-electron chi connectivity index (χ4n) is 1.08. The zero-order valence-corrected chi connectivity index (χ0v) is 12.9. The summed E-state index contributed by atoms with van der Waals surface area (Å²) in [5.74, 6) is 0. The van der Waals surface area contributed by atoms with E-state index in [0.717, 1.165) is 3.57 Å². The summed E-state index contributed by atoms with van der Waals surface area (Å²) in [6.07, 6.45) is 0. The molecule has 0 aliphatic carbocycles. The van der Waals surface area contributed by atoms with Crippen molar-refractivity contribution in [2.45, 2.75) is 24.8 Å². The van der Waals surface area contributed by atoms with E-state index in [-0.39, 0.29) is 10.9 Å². The van der Waals surface area contributed by atoms with Crippen LogP contribution in [-0.2, 0) is 10.0 Å². The Bertz CT molecular complexity index is 514. The molecule has 18 heavy (non-hydrogen) atoms. The zero-order valence-electron chi connectivity index (χ0n) is 9.90. The summed E-state index contributed by atoms with van der Waals surface area (Å²) >= 11 is 2.07. The summed E-state index contributed by atoms with van der Waals surface area (Å²) in [5, 5.41) is 2.50. The van der Waals surface area contributed by atoms with E-state index in [9.17, 15) is 13.2 Å². The molecule has 0 atom stereocenters. The van der Waals surface area contributed by atoms with Gasteiger partial charge in [0.05, 0.1) is 4.90 Å². The van der Waals surface area contributed by atoms with Gasteiger partial charge in [-0.2, -0.15) is 0 Å². The minimum atomic E-state index is -3.73. The van der Waals surface area contributed by atoms with Crippen LogP contribution in [0, 0.1) is 3.57 Å². The minimum absolute atomic E-state index is 0.0761. The van der Waals surface area contributed by atoms with Crippen LogP contribution >= 0.6 is 22.6 Å². The Balaban J connectivity index is 2.66. The van der Waals surface area contributed by atoms with E-state index in [0.29, 0.717) is 0 Å². The summed E-state index contributed by atoms with van der Waals surface area (Å²) in [4.78, 5) is 13.3. The Hall–Kier alpha value is -0.870. The summed E-state index contributed by atoms with van der Waals surface area (Å²) < 4.78 is 24.5. The van der Waals surface area contributed by atoms with Crippen LogP contribution in [-0.4, -0.2) is 20.5 Å². The lowest BCUT2D eigenvalue weighted by Gasteiger charge is -2.11. The molecule has 1 rings (SSSR count). The van der Waals surface area contributed by atoms with Gasteiger partial charge in [-0.25, -0.2) is 13.2 Å². The number of carbonyl (C=O) groups excluding carboxylic acids is 1. The topological polar surface area (TPSA) is 87.3 Å². The van der Waals surface area contributed by atoms with Crippen LogP contribution in [0.15, 0.2) is 29.2 Å². The molecule has 3 N–H and O–H groups in total. The Morgan fingerprint density at radius 3 is 2.28 bits per heavy atom. The SMILES string of the molecule is CC(C)NC(=O)NNS(=O)(=O)c1ccc(I)cc1. The van der Waals surface area contributed by atoms with E-state index >= 15 is 0 Å². The standard InChI is InChI=1S/C10H14IN3O3S/c1-7(2)12-10(15)13-14-18(16,17)9-5-3-8(11)4-6-9/h3-7,14H,1-2H3,(H2,12,13,15). The molecule has 6 nitrogen and oxygen atoms in total. The van der Waals surface area contributed by atoms with Crippen molar-refractivity contribution >= 4 is 38.6 Å². The van der Waals surface area contributed by atoms with Gasteiger partial charge in [-0.3, -0.25) is 5.43 Å². The first kappa shape index (κ1) is 15.2. The number of hydrogen-bond acceptors (Lipinski definition) is 3. The first-order valence-corrected chi connectivity index (χ1v) is 7.71. The van der Waals surface area contributed by atoms with E-state index in [1.807, 2.05) is 4.83 Å². The van der Waals surface area contributed by atoms with Crippen molar-refractivity contribution < 1.29 is 13.2 Å². The van der Waals surface area contributed by atoms with E-state index in [1.54, 1.807) is 26.0 Å². The molecule has 100 valence electrons. The van der Waals surface area contributed by atoms with Gasteiger partial charge in [0, 0.05) is 9.61 Å². The molecule has 1 aromatic carbocycles. The number of urea groups is 1. The van der Waals surface area contributed by atoms with E-state index in [2.05, 4.69) is 33.3 Å². The molecule has 0 spiro atoms. The highest BCUT2D eigenvalue weighted by molar-refractivity contribution is 14.1. The second-order valence-corrected chi connectivity index (χ2v) is 6.74. The van der Waals surface area contributed by atoms with Crippen molar-refractivity contribution in [2.24, 2.45) is 0 Å². The average Bonchev–Trinajstić information content (AvgIpc) is 2.26. The molecule has 0 aliphatic rings. The maximum absolute atomic E-state index is 11.8. The van der Waals surface area contributed by atoms with Gasteiger partial charge in [-0.15, -0.1) is 4.83 Å². The van der Waals surface area contributed by atoms with Crippen LogP contribution in [0.2, 0.25) is 0 Å². The van der Waals surface area contributed by atoms with E-state index in [1.165, 1.54) is 12.1 Å². The minimum Gasteiger partial charge on any atom is -0.335 e. The number of sulfonamides is 1. The first-order chi connectivity index (χ1) is 8.31. The lowest BCUT2D eigenvalue weighted by Crippen LogP contribution is -2.48. The van der Waals surface area contributed by atoms with Gasteiger partial charge in [-0.1, -0.05) is 0 Å². The number of halogens is 1. The third-order valence-corrected chi connectivity index (χ3v) is 3.83. The van der Waals surface area contributed by atoms with Crippen molar-refractivity contribution in [3.63, 3.8) is 0 Å². The Morgan fingerprint density at radius 1 is 1.22 bits per heavy atom. The largest absolute Gasteiger partial charge is 0.335 e. The van der Waals surface area contributed by atoms with Crippen molar-refractivity contribution in [3.8, 4) is 0 Å². The highest BCUT2D eigenvalue weighted by Crippen LogP contribution is 2.11. The van der Waals surface area contributed by atoms with Gasteiger partial charge >= 0.3 is 6.03 Å². The third-order valence-electron chi connectivity index (χ3n) is 1.84. The molecular weight excluding hydrogens is 369 g/mol. The number of hydrogen-bond donors (Lipinski definition) is 3. The number of hydrazine groups is 1. The number of amides is 2. The van der Waals surface area contributed by atoms with Gasteiger partial charge in [0.1, 0.15) is 0 Å². The van der Waals surface area contributed by atoms with Crippen molar-refractivity contribution in [1.82, 2.24) is 15.6 Å². The Morgan fingerprint density at radius 2 is 1.78 bits per heavy atom. The van der Waals surface area contributed by atoms with Crippen molar-refractivity contribution in [1.29, 1.82) is 0 Å². The van der Waals surface area contributed by atoms with Crippen LogP contribution < -0.4 is 15.6 Å². The molecule has 0 unspecified atom stereocenters. The molecule has 2 amide bonds. The molecule has 0 radical (unpaired) electrons. The third kappa shape index (κ3) is 4.78. The Labute approximate surface area is 120 Å². The smallest absolute Gasteiger partial charge is 0.330 e. The number of benzene rings is 1. The predicted molar refractivity (Wildman–Crippen MR) is 76.3 cm³/mol. The summed E-state index contributed by atoms with van der Waals surface area (Å²) in [6.45, 7) is 3.54. The van der Waals surface area contributed by atoms with Gasteiger partial charge in [-0.05, 0) is 60.7 Å². The maximum atomic E-state index is 11.8. The number of nitrogens with one attached hydrogen (secondary N) is 3. The van der Waals surface area contributed by atoms with Gasteiger partial charge < -0.3 is 5.32 Å². The molecule has 0 bridgehead atoms. The second kappa shape index (κ2) is 6.34. The zero-order chi connectivity index (χ0) is 13.8. The first-order valence-electron chi connectivity index (χ1n) is 5.15. The van der Waals surface area contributed by atoms with Crippen LogP contribution in [0.4, 0.5) is 4.79 Å². The highest BCUT2D eigenvalue weighted by atomic mass is 127. The number of carbonyl (C=O) groups is 1. The molecular formula is C10H14IN3O3S. The molecule has 0 aliphatic heterocycles. The van der Waals surface area contributed by atoms with Gasteiger partial charge in [0.2, 0.25) is 0 Å². The van der Waals surface area contributed by atoms with Crippen molar-refractivity contribution in [3.05, 3.63) is 27.8 Å².